The lowest BCUT2D eigenvalue weighted by Crippen LogP contribution is -2.31. The van der Waals surface area contributed by atoms with Gasteiger partial charge in [0.15, 0.2) is 5.65 Å². The van der Waals surface area contributed by atoms with Crippen molar-refractivity contribution in [1.29, 1.82) is 0 Å². The summed E-state index contributed by atoms with van der Waals surface area (Å²) in [5.74, 6) is 1.44. The number of anilines is 1. The van der Waals surface area contributed by atoms with Crippen LogP contribution in [-0.4, -0.2) is 34.2 Å². The molecule has 2 heterocycles. The number of rotatable bonds is 6. The number of hydrogen-bond donors (Lipinski definition) is 2. The molecule has 7 nitrogen and oxygen atoms in total. The van der Waals surface area contributed by atoms with E-state index < -0.39 is 0 Å². The molecule has 2 amide bonds. The Hall–Kier alpha value is -3.87. The number of aryl methyl sites for hydroxylation is 1. The van der Waals surface area contributed by atoms with E-state index in [-0.39, 0.29) is 6.03 Å². The highest BCUT2D eigenvalue weighted by Crippen LogP contribution is 2.25. The molecule has 0 bridgehead atoms. The Bertz CT molecular complexity index is 1170. The van der Waals surface area contributed by atoms with Crippen LogP contribution in [-0.2, 0) is 6.54 Å². The summed E-state index contributed by atoms with van der Waals surface area (Å²) in [5.41, 5.74) is 4.29. The highest BCUT2D eigenvalue weighted by atomic mass is 16.5. The number of amides is 2. The molecule has 4 aromatic rings. The third kappa shape index (κ3) is 4.10. The van der Waals surface area contributed by atoms with E-state index in [2.05, 4.69) is 15.6 Å². The lowest BCUT2D eigenvalue weighted by molar-refractivity contribution is 0.251. The Kier molecular flexibility index (Phi) is 5.61. The molecule has 0 aliphatic carbocycles. The van der Waals surface area contributed by atoms with Crippen LogP contribution in [0.1, 0.15) is 5.56 Å². The van der Waals surface area contributed by atoms with Crippen LogP contribution in [0.3, 0.4) is 0 Å². The van der Waals surface area contributed by atoms with Gasteiger partial charge in [-0.05, 0) is 36.8 Å². The summed E-state index contributed by atoms with van der Waals surface area (Å²) in [5, 5.41) is 5.75. The van der Waals surface area contributed by atoms with E-state index >= 15 is 0 Å². The molecule has 0 aliphatic heterocycles. The quantitative estimate of drug-likeness (QED) is 0.506. The normalized spacial score (nSPS) is 10.7. The van der Waals surface area contributed by atoms with Crippen LogP contribution >= 0.6 is 0 Å². The lowest BCUT2D eigenvalue weighted by Gasteiger charge is -2.13. The highest BCUT2D eigenvalue weighted by molar-refractivity contribution is 5.91. The topological polar surface area (TPSA) is 81.1 Å². The van der Waals surface area contributed by atoms with Crippen molar-refractivity contribution < 1.29 is 9.53 Å². The smallest absolute Gasteiger partial charge is 0.319 e. The number of nitrogens with one attached hydrogen (secondary N) is 2. The first-order valence-electron chi connectivity index (χ1n) is 9.72. The summed E-state index contributed by atoms with van der Waals surface area (Å²) in [6.07, 6.45) is 1.75. The molecule has 2 aromatic carbocycles. The second-order valence-corrected chi connectivity index (χ2v) is 6.88. The van der Waals surface area contributed by atoms with Crippen molar-refractivity contribution >= 4 is 22.9 Å². The largest absolute Gasteiger partial charge is 0.495 e. The Morgan fingerprint density at radius 2 is 1.93 bits per heavy atom. The van der Waals surface area contributed by atoms with E-state index in [9.17, 15) is 4.79 Å². The minimum Gasteiger partial charge on any atom is -0.495 e. The maximum atomic E-state index is 12.4. The number of ether oxygens (including phenoxy) is 1. The van der Waals surface area contributed by atoms with E-state index in [0.717, 1.165) is 28.1 Å². The number of methoxy groups -OCH3 is 1. The molecule has 2 aromatic heterocycles. The molecular weight excluding hydrogens is 378 g/mol. The zero-order valence-electron chi connectivity index (χ0n) is 16.9. The number of imidazole rings is 1. The van der Waals surface area contributed by atoms with Crippen molar-refractivity contribution in [3.63, 3.8) is 0 Å². The molecule has 0 spiro atoms. The van der Waals surface area contributed by atoms with Crippen molar-refractivity contribution in [2.75, 3.05) is 19.0 Å². The standard InChI is InChI=1S/C23H23N5O2/c1-16-10-11-20(30-2)19(15-16)27-23(29)25-13-14-28-21(17-7-4-3-5-8-17)26-18-9-6-12-24-22(18)28/h3-12,15H,13-14H2,1-2H3,(H2,25,27,29). The summed E-state index contributed by atoms with van der Waals surface area (Å²) in [4.78, 5) is 21.6. The van der Waals surface area contributed by atoms with Crippen molar-refractivity contribution in [3.8, 4) is 17.1 Å². The van der Waals surface area contributed by atoms with Crippen molar-refractivity contribution in [3.05, 3.63) is 72.4 Å². The SMILES string of the molecule is COc1ccc(C)cc1NC(=O)NCCn1c(-c2ccccc2)nc2cccnc21. The zero-order chi connectivity index (χ0) is 20.9. The van der Waals surface area contributed by atoms with E-state index in [1.165, 1.54) is 0 Å². The molecule has 0 atom stereocenters. The minimum atomic E-state index is -0.294. The van der Waals surface area contributed by atoms with Gasteiger partial charge >= 0.3 is 6.03 Å². The molecule has 152 valence electrons. The Labute approximate surface area is 174 Å². The average Bonchev–Trinajstić information content (AvgIpc) is 3.13. The van der Waals surface area contributed by atoms with Crippen LogP contribution in [0.4, 0.5) is 10.5 Å². The summed E-state index contributed by atoms with van der Waals surface area (Å²) in [6, 6.07) is 19.1. The molecule has 0 saturated carbocycles. The second kappa shape index (κ2) is 8.65. The lowest BCUT2D eigenvalue weighted by atomic mass is 10.2. The number of fused-ring (bicyclic) bond motifs is 1. The van der Waals surface area contributed by atoms with Crippen LogP contribution in [0.25, 0.3) is 22.6 Å². The first-order chi connectivity index (χ1) is 14.7. The number of carbonyl (C=O) groups is 1. The first-order valence-corrected chi connectivity index (χ1v) is 9.72. The number of hydrogen-bond acceptors (Lipinski definition) is 4. The molecule has 0 fully saturated rings. The number of aromatic nitrogens is 3. The first kappa shape index (κ1) is 19.4. The molecule has 0 unspecified atom stereocenters. The third-order valence-electron chi connectivity index (χ3n) is 4.76. The van der Waals surface area contributed by atoms with Gasteiger partial charge in [0, 0.05) is 24.8 Å². The van der Waals surface area contributed by atoms with Gasteiger partial charge in [0.2, 0.25) is 0 Å². The van der Waals surface area contributed by atoms with Crippen LogP contribution in [0.15, 0.2) is 66.9 Å². The maximum Gasteiger partial charge on any atom is 0.319 e. The van der Waals surface area contributed by atoms with Crippen molar-refractivity contribution in [1.82, 2.24) is 19.9 Å². The maximum absolute atomic E-state index is 12.4. The fraction of sp³-hybridized carbons (Fsp3) is 0.174. The summed E-state index contributed by atoms with van der Waals surface area (Å²) in [6.45, 7) is 2.92. The summed E-state index contributed by atoms with van der Waals surface area (Å²) < 4.78 is 7.34. The van der Waals surface area contributed by atoms with Crippen molar-refractivity contribution in [2.24, 2.45) is 0 Å². The predicted molar refractivity (Wildman–Crippen MR) is 118 cm³/mol. The van der Waals surface area contributed by atoms with Gasteiger partial charge in [-0.25, -0.2) is 14.8 Å². The van der Waals surface area contributed by atoms with Crippen LogP contribution < -0.4 is 15.4 Å². The van der Waals surface area contributed by atoms with Gasteiger partial charge < -0.3 is 19.9 Å². The second-order valence-electron chi connectivity index (χ2n) is 6.88. The van der Waals surface area contributed by atoms with Crippen LogP contribution in [0, 0.1) is 6.92 Å². The number of pyridine rings is 1. The van der Waals surface area contributed by atoms with E-state index in [1.807, 2.05) is 72.2 Å². The van der Waals surface area contributed by atoms with Crippen molar-refractivity contribution in [2.45, 2.75) is 13.5 Å². The molecule has 0 aliphatic rings. The molecule has 30 heavy (non-hydrogen) atoms. The molecule has 0 radical (unpaired) electrons. The third-order valence-corrected chi connectivity index (χ3v) is 4.76. The highest BCUT2D eigenvalue weighted by Gasteiger charge is 2.14. The number of carbonyl (C=O) groups excluding carboxylic acids is 1. The van der Waals surface area contributed by atoms with E-state index in [1.54, 1.807) is 13.3 Å². The van der Waals surface area contributed by atoms with Gasteiger partial charge in [-0.15, -0.1) is 0 Å². The summed E-state index contributed by atoms with van der Waals surface area (Å²) in [7, 11) is 1.58. The fourth-order valence-electron chi connectivity index (χ4n) is 3.35. The Balaban J connectivity index is 1.49. The van der Waals surface area contributed by atoms with Gasteiger partial charge in [-0.3, -0.25) is 0 Å². The van der Waals surface area contributed by atoms with Gasteiger partial charge in [0.1, 0.15) is 17.1 Å². The van der Waals surface area contributed by atoms with Crippen LogP contribution in [0.2, 0.25) is 0 Å². The fourth-order valence-corrected chi connectivity index (χ4v) is 3.35. The van der Waals surface area contributed by atoms with Gasteiger partial charge in [0.25, 0.3) is 0 Å². The van der Waals surface area contributed by atoms with Crippen LogP contribution in [0.5, 0.6) is 5.75 Å². The van der Waals surface area contributed by atoms with Gasteiger partial charge in [0.05, 0.1) is 12.8 Å². The molecular formula is C23H23N5O2. The molecule has 0 saturated heterocycles. The van der Waals surface area contributed by atoms with E-state index in [4.69, 9.17) is 9.72 Å². The monoisotopic (exact) mass is 401 g/mol. The Morgan fingerprint density at radius 1 is 1.10 bits per heavy atom. The average molecular weight is 401 g/mol. The van der Waals surface area contributed by atoms with Gasteiger partial charge in [-0.2, -0.15) is 0 Å². The summed E-state index contributed by atoms with van der Waals surface area (Å²) >= 11 is 0. The molecule has 2 N–H and O–H groups in total. The molecule has 7 heteroatoms. The number of nitrogens with zero attached hydrogens (tertiary/aromatic N) is 3. The zero-order valence-corrected chi connectivity index (χ0v) is 16.9. The Morgan fingerprint density at radius 3 is 2.73 bits per heavy atom. The number of benzene rings is 2. The van der Waals surface area contributed by atoms with E-state index in [0.29, 0.717) is 24.5 Å². The van der Waals surface area contributed by atoms with Gasteiger partial charge in [-0.1, -0.05) is 36.4 Å². The number of urea groups is 1. The predicted octanol–water partition coefficient (Wildman–Crippen LogP) is 4.24. The molecule has 4 rings (SSSR count). The minimum absolute atomic E-state index is 0.294.